The molecule has 1 N–H and O–H groups in total. The molecule has 0 fully saturated rings. The molecule has 5 heteroatoms. The van der Waals surface area contributed by atoms with Crippen molar-refractivity contribution in [1.82, 2.24) is 5.32 Å². The number of rotatable bonds is 4. The van der Waals surface area contributed by atoms with Gasteiger partial charge in [0.25, 0.3) is 5.91 Å². The molecule has 0 saturated heterocycles. The molecule has 0 aliphatic heterocycles. The first-order chi connectivity index (χ1) is 6.61. The van der Waals surface area contributed by atoms with Gasteiger partial charge in [-0.15, -0.1) is 0 Å². The highest BCUT2D eigenvalue weighted by molar-refractivity contribution is 9.09. The zero-order valence-corrected chi connectivity index (χ0v) is 10.1. The largest absolute Gasteiger partial charge is 0.452 e. The van der Waals surface area contributed by atoms with Gasteiger partial charge < -0.3 is 9.73 Å². The van der Waals surface area contributed by atoms with E-state index < -0.39 is 0 Å². The molecule has 3 nitrogen and oxygen atoms in total. The number of alkyl halides is 1. The molecule has 1 unspecified atom stereocenters. The minimum atomic E-state index is -0.197. The zero-order chi connectivity index (χ0) is 10.6. The molecule has 78 valence electrons. The van der Waals surface area contributed by atoms with Crippen LogP contribution in [0.4, 0.5) is 0 Å². The lowest BCUT2D eigenvalue weighted by atomic mass is 10.3. The lowest BCUT2D eigenvalue weighted by Crippen LogP contribution is -2.25. The van der Waals surface area contributed by atoms with Gasteiger partial charge in [0, 0.05) is 11.4 Å². The van der Waals surface area contributed by atoms with Crippen molar-refractivity contribution in [1.29, 1.82) is 0 Å². The maximum absolute atomic E-state index is 11.4. The second-order valence-electron chi connectivity index (χ2n) is 2.93. The Morgan fingerprint density at radius 1 is 1.79 bits per heavy atom. The molecule has 0 radical (unpaired) electrons. The number of hydrogen-bond acceptors (Lipinski definition) is 2. The Labute approximate surface area is 95.9 Å². The second-order valence-corrected chi connectivity index (χ2v) is 4.84. The third-order valence-corrected chi connectivity index (χ3v) is 2.44. The maximum atomic E-state index is 11.4. The standard InChI is InChI=1S/C9H11BrClNO2/c1-6(10)2-4-12-9(13)7-3-5-14-8(7)11/h3,5-6H,2,4H2,1H3,(H,12,13). The van der Waals surface area contributed by atoms with Gasteiger partial charge in [-0.25, -0.2) is 0 Å². The summed E-state index contributed by atoms with van der Waals surface area (Å²) in [5.74, 6) is -0.197. The van der Waals surface area contributed by atoms with Crippen molar-refractivity contribution in [2.75, 3.05) is 6.54 Å². The first kappa shape index (κ1) is 11.6. The fourth-order valence-corrected chi connectivity index (χ4v) is 1.36. The fourth-order valence-electron chi connectivity index (χ4n) is 0.936. The Hall–Kier alpha value is -0.480. The van der Waals surface area contributed by atoms with Crippen molar-refractivity contribution in [3.05, 3.63) is 23.1 Å². The summed E-state index contributed by atoms with van der Waals surface area (Å²) in [4.78, 5) is 11.8. The first-order valence-corrected chi connectivity index (χ1v) is 5.56. The number of carbonyl (C=O) groups is 1. The van der Waals surface area contributed by atoms with Crippen LogP contribution >= 0.6 is 27.5 Å². The van der Waals surface area contributed by atoms with Crippen molar-refractivity contribution in [3.63, 3.8) is 0 Å². The van der Waals surface area contributed by atoms with Crippen LogP contribution in [0, 0.1) is 0 Å². The third-order valence-electron chi connectivity index (χ3n) is 1.69. The van der Waals surface area contributed by atoms with Crippen molar-refractivity contribution in [3.8, 4) is 0 Å². The molecule has 1 atom stereocenters. The fraction of sp³-hybridized carbons (Fsp3) is 0.444. The second kappa shape index (κ2) is 5.41. The summed E-state index contributed by atoms with van der Waals surface area (Å²) in [6.07, 6.45) is 2.27. The predicted octanol–water partition coefficient (Wildman–Crippen LogP) is 2.84. The van der Waals surface area contributed by atoms with E-state index in [-0.39, 0.29) is 11.1 Å². The summed E-state index contributed by atoms with van der Waals surface area (Å²) < 4.78 is 4.81. The molecule has 0 bridgehead atoms. The Morgan fingerprint density at radius 3 is 3.00 bits per heavy atom. The number of nitrogens with one attached hydrogen (secondary N) is 1. The van der Waals surface area contributed by atoms with Gasteiger partial charge in [-0.3, -0.25) is 4.79 Å². The Morgan fingerprint density at radius 2 is 2.50 bits per heavy atom. The zero-order valence-electron chi connectivity index (χ0n) is 7.72. The van der Waals surface area contributed by atoms with Gasteiger partial charge in [-0.05, 0) is 24.1 Å². The van der Waals surface area contributed by atoms with E-state index in [0.29, 0.717) is 16.9 Å². The summed E-state index contributed by atoms with van der Waals surface area (Å²) in [5, 5.41) is 2.88. The highest BCUT2D eigenvalue weighted by Gasteiger charge is 2.11. The van der Waals surface area contributed by atoms with Crippen LogP contribution in [0.1, 0.15) is 23.7 Å². The van der Waals surface area contributed by atoms with E-state index in [2.05, 4.69) is 21.2 Å². The average molecular weight is 281 g/mol. The normalized spacial score (nSPS) is 12.5. The quantitative estimate of drug-likeness (QED) is 0.862. The molecule has 1 rings (SSSR count). The Kier molecular flexibility index (Phi) is 4.48. The topological polar surface area (TPSA) is 42.2 Å². The monoisotopic (exact) mass is 279 g/mol. The van der Waals surface area contributed by atoms with E-state index in [1.54, 1.807) is 6.07 Å². The van der Waals surface area contributed by atoms with Crippen LogP contribution in [0.3, 0.4) is 0 Å². The van der Waals surface area contributed by atoms with Crippen LogP contribution in [0.25, 0.3) is 0 Å². The number of furan rings is 1. The lowest BCUT2D eigenvalue weighted by molar-refractivity contribution is 0.0953. The van der Waals surface area contributed by atoms with Gasteiger partial charge in [0.1, 0.15) is 0 Å². The summed E-state index contributed by atoms with van der Waals surface area (Å²) >= 11 is 9.03. The van der Waals surface area contributed by atoms with Crippen LogP contribution in [0.15, 0.2) is 16.7 Å². The van der Waals surface area contributed by atoms with E-state index in [4.69, 9.17) is 16.0 Å². The van der Waals surface area contributed by atoms with Gasteiger partial charge in [0.15, 0.2) is 0 Å². The highest BCUT2D eigenvalue weighted by Crippen LogP contribution is 2.16. The Bertz CT molecular complexity index is 312. The van der Waals surface area contributed by atoms with Crippen LogP contribution in [-0.2, 0) is 0 Å². The number of halogens is 2. The molecule has 0 spiro atoms. The van der Waals surface area contributed by atoms with E-state index in [1.165, 1.54) is 6.26 Å². The van der Waals surface area contributed by atoms with E-state index >= 15 is 0 Å². The van der Waals surface area contributed by atoms with Gasteiger partial charge in [-0.1, -0.05) is 22.9 Å². The van der Waals surface area contributed by atoms with E-state index in [1.807, 2.05) is 6.92 Å². The van der Waals surface area contributed by atoms with Crippen LogP contribution in [0.2, 0.25) is 5.22 Å². The van der Waals surface area contributed by atoms with Crippen LogP contribution in [0.5, 0.6) is 0 Å². The lowest BCUT2D eigenvalue weighted by Gasteiger charge is -2.04. The first-order valence-electron chi connectivity index (χ1n) is 4.26. The molecule has 1 heterocycles. The molecule has 0 aliphatic rings. The molecular formula is C9H11BrClNO2. The van der Waals surface area contributed by atoms with Crippen LogP contribution < -0.4 is 5.32 Å². The van der Waals surface area contributed by atoms with Gasteiger partial charge in [-0.2, -0.15) is 0 Å². The maximum Gasteiger partial charge on any atom is 0.256 e. The summed E-state index contributed by atoms with van der Waals surface area (Å²) in [7, 11) is 0. The van der Waals surface area contributed by atoms with Gasteiger partial charge >= 0.3 is 0 Å². The molecule has 1 amide bonds. The van der Waals surface area contributed by atoms with E-state index in [9.17, 15) is 4.79 Å². The third kappa shape index (κ3) is 3.35. The van der Waals surface area contributed by atoms with Crippen molar-refractivity contribution in [2.24, 2.45) is 0 Å². The summed E-state index contributed by atoms with van der Waals surface area (Å²) in [6.45, 7) is 2.64. The molecule has 1 aromatic rings. The van der Waals surface area contributed by atoms with Gasteiger partial charge in [0.2, 0.25) is 5.22 Å². The predicted molar refractivity (Wildman–Crippen MR) is 59.1 cm³/mol. The SMILES string of the molecule is CC(Br)CCNC(=O)c1ccoc1Cl. The number of amides is 1. The minimum Gasteiger partial charge on any atom is -0.452 e. The number of carbonyl (C=O) groups excluding carboxylic acids is 1. The van der Waals surface area contributed by atoms with Crippen LogP contribution in [-0.4, -0.2) is 17.3 Å². The molecule has 0 aromatic carbocycles. The highest BCUT2D eigenvalue weighted by atomic mass is 79.9. The molecule has 0 saturated carbocycles. The molecule has 1 aromatic heterocycles. The number of hydrogen-bond donors (Lipinski definition) is 1. The summed E-state index contributed by atoms with van der Waals surface area (Å²) in [6, 6.07) is 1.55. The molecular weight excluding hydrogens is 269 g/mol. The van der Waals surface area contributed by atoms with Gasteiger partial charge in [0.05, 0.1) is 11.8 Å². The summed E-state index contributed by atoms with van der Waals surface area (Å²) in [5.41, 5.74) is 0.383. The molecule has 14 heavy (non-hydrogen) atoms. The van der Waals surface area contributed by atoms with Crippen molar-refractivity contribution >= 4 is 33.4 Å². The van der Waals surface area contributed by atoms with E-state index in [0.717, 1.165) is 6.42 Å². The minimum absolute atomic E-state index is 0.134. The molecule has 0 aliphatic carbocycles. The smallest absolute Gasteiger partial charge is 0.256 e. The average Bonchev–Trinajstić information content (AvgIpc) is 2.50. The Balaban J connectivity index is 2.40. The van der Waals surface area contributed by atoms with Crippen molar-refractivity contribution in [2.45, 2.75) is 18.2 Å². The van der Waals surface area contributed by atoms with Crippen molar-refractivity contribution < 1.29 is 9.21 Å².